The number of pyridine rings is 1. The van der Waals surface area contributed by atoms with E-state index in [2.05, 4.69) is 20.5 Å². The van der Waals surface area contributed by atoms with E-state index in [4.69, 9.17) is 0 Å². The van der Waals surface area contributed by atoms with Crippen molar-refractivity contribution >= 4 is 16.8 Å². The molecule has 1 aliphatic rings. The van der Waals surface area contributed by atoms with Gasteiger partial charge in [0.15, 0.2) is 0 Å². The lowest BCUT2D eigenvalue weighted by Crippen LogP contribution is -2.38. The fourth-order valence-electron chi connectivity index (χ4n) is 3.51. The van der Waals surface area contributed by atoms with E-state index in [1.807, 2.05) is 44.3 Å². The predicted molar refractivity (Wildman–Crippen MR) is 93.1 cm³/mol. The highest BCUT2D eigenvalue weighted by Crippen LogP contribution is 2.23. The number of aryl methyl sites for hydroxylation is 3. The van der Waals surface area contributed by atoms with Crippen molar-refractivity contribution in [3.05, 3.63) is 58.5 Å². The molecule has 2 heterocycles. The molecule has 0 fully saturated rings. The standard InChI is InChI=1S/C19H20N4O/c1-11-4-3-5-15-16(8-12(2)21-18(11)15)19(24)22-14-6-7-17-13(9-14)10-20-23-17/h3-5,8,10,14H,6-7,9H2,1-2H3,(H,20,23)(H,22,24)/t14-/m1/s1. The summed E-state index contributed by atoms with van der Waals surface area (Å²) in [6.45, 7) is 3.96. The highest BCUT2D eigenvalue weighted by Gasteiger charge is 2.23. The third-order valence-corrected chi connectivity index (χ3v) is 4.77. The van der Waals surface area contributed by atoms with Crippen LogP contribution in [0.3, 0.4) is 0 Å². The van der Waals surface area contributed by atoms with Gasteiger partial charge in [0, 0.05) is 22.8 Å². The van der Waals surface area contributed by atoms with Gasteiger partial charge < -0.3 is 5.32 Å². The predicted octanol–water partition coefficient (Wildman–Crippen LogP) is 2.86. The summed E-state index contributed by atoms with van der Waals surface area (Å²) < 4.78 is 0. The van der Waals surface area contributed by atoms with Crippen molar-refractivity contribution in [2.24, 2.45) is 0 Å². The zero-order valence-corrected chi connectivity index (χ0v) is 13.9. The molecule has 0 unspecified atom stereocenters. The normalized spacial score (nSPS) is 16.8. The van der Waals surface area contributed by atoms with Crippen LogP contribution in [0.1, 0.15) is 39.3 Å². The Hall–Kier alpha value is -2.69. The molecule has 0 bridgehead atoms. The van der Waals surface area contributed by atoms with Gasteiger partial charge in [-0.3, -0.25) is 14.9 Å². The molecular formula is C19H20N4O. The minimum Gasteiger partial charge on any atom is -0.349 e. The van der Waals surface area contributed by atoms with Gasteiger partial charge in [-0.2, -0.15) is 5.10 Å². The monoisotopic (exact) mass is 320 g/mol. The molecule has 4 rings (SSSR count). The smallest absolute Gasteiger partial charge is 0.252 e. The number of nitrogens with one attached hydrogen (secondary N) is 2. The van der Waals surface area contributed by atoms with Gasteiger partial charge in [0.2, 0.25) is 0 Å². The Morgan fingerprint density at radius 2 is 2.21 bits per heavy atom. The summed E-state index contributed by atoms with van der Waals surface area (Å²) in [6, 6.07) is 8.00. The minimum atomic E-state index is -0.0203. The largest absolute Gasteiger partial charge is 0.349 e. The number of aromatic amines is 1. The third kappa shape index (κ3) is 2.56. The Labute approximate surface area is 140 Å². The molecule has 0 saturated carbocycles. The average molecular weight is 320 g/mol. The number of H-pyrrole nitrogens is 1. The quantitative estimate of drug-likeness (QED) is 0.763. The topological polar surface area (TPSA) is 70.7 Å². The highest BCUT2D eigenvalue weighted by atomic mass is 16.1. The van der Waals surface area contributed by atoms with Crippen LogP contribution in [0.5, 0.6) is 0 Å². The van der Waals surface area contributed by atoms with Crippen molar-refractivity contribution in [2.75, 3.05) is 0 Å². The average Bonchev–Trinajstić information content (AvgIpc) is 3.02. The molecule has 0 radical (unpaired) electrons. The second-order valence-corrected chi connectivity index (χ2v) is 6.57. The molecule has 3 aromatic rings. The molecule has 0 aliphatic heterocycles. The van der Waals surface area contributed by atoms with E-state index in [-0.39, 0.29) is 11.9 Å². The van der Waals surface area contributed by atoms with E-state index in [9.17, 15) is 4.79 Å². The molecule has 1 aliphatic carbocycles. The maximum absolute atomic E-state index is 12.9. The summed E-state index contributed by atoms with van der Waals surface area (Å²) in [5.74, 6) is -0.0203. The molecule has 2 aromatic heterocycles. The van der Waals surface area contributed by atoms with Crippen LogP contribution in [0.25, 0.3) is 10.9 Å². The molecule has 0 spiro atoms. The fraction of sp³-hybridized carbons (Fsp3) is 0.316. The van der Waals surface area contributed by atoms with Crippen LogP contribution in [-0.4, -0.2) is 27.1 Å². The SMILES string of the molecule is Cc1cc(C(=O)N[C@@H]2CCc3[nH]ncc3C2)c2cccc(C)c2n1. The molecule has 0 saturated heterocycles. The number of hydrogen-bond donors (Lipinski definition) is 2. The first-order valence-corrected chi connectivity index (χ1v) is 8.31. The maximum atomic E-state index is 12.9. The van der Waals surface area contributed by atoms with Gasteiger partial charge in [-0.1, -0.05) is 18.2 Å². The van der Waals surface area contributed by atoms with Gasteiger partial charge in [-0.05, 0) is 50.3 Å². The Bertz CT molecular complexity index is 928. The molecule has 1 amide bonds. The van der Waals surface area contributed by atoms with Crippen LogP contribution in [0, 0.1) is 13.8 Å². The lowest BCUT2D eigenvalue weighted by atomic mass is 9.93. The summed E-state index contributed by atoms with van der Waals surface area (Å²) in [4.78, 5) is 17.5. The number of amides is 1. The van der Waals surface area contributed by atoms with Crippen LogP contribution in [0.4, 0.5) is 0 Å². The molecule has 5 heteroatoms. The zero-order valence-electron chi connectivity index (χ0n) is 13.9. The fourth-order valence-corrected chi connectivity index (χ4v) is 3.51. The molecule has 122 valence electrons. The van der Waals surface area contributed by atoms with E-state index in [1.165, 1.54) is 11.3 Å². The number of hydrogen-bond acceptors (Lipinski definition) is 3. The van der Waals surface area contributed by atoms with Crippen molar-refractivity contribution < 1.29 is 4.79 Å². The number of benzene rings is 1. The van der Waals surface area contributed by atoms with Crippen molar-refractivity contribution in [1.82, 2.24) is 20.5 Å². The molecule has 1 aromatic carbocycles. The second kappa shape index (κ2) is 5.74. The first-order chi connectivity index (χ1) is 11.6. The van der Waals surface area contributed by atoms with Crippen molar-refractivity contribution in [3.63, 3.8) is 0 Å². The van der Waals surface area contributed by atoms with E-state index >= 15 is 0 Å². The van der Waals surface area contributed by atoms with Crippen LogP contribution in [-0.2, 0) is 12.8 Å². The Morgan fingerprint density at radius 3 is 3.08 bits per heavy atom. The summed E-state index contributed by atoms with van der Waals surface area (Å²) in [5.41, 5.74) is 5.97. The van der Waals surface area contributed by atoms with Crippen molar-refractivity contribution in [1.29, 1.82) is 0 Å². The number of rotatable bonds is 2. The van der Waals surface area contributed by atoms with Crippen LogP contribution in [0.2, 0.25) is 0 Å². The zero-order chi connectivity index (χ0) is 16.7. The van der Waals surface area contributed by atoms with E-state index in [0.29, 0.717) is 5.56 Å². The molecule has 24 heavy (non-hydrogen) atoms. The van der Waals surface area contributed by atoms with Crippen molar-refractivity contribution in [2.45, 2.75) is 39.2 Å². The van der Waals surface area contributed by atoms with Crippen molar-refractivity contribution in [3.8, 4) is 0 Å². The third-order valence-electron chi connectivity index (χ3n) is 4.77. The highest BCUT2D eigenvalue weighted by molar-refractivity contribution is 6.06. The number of para-hydroxylation sites is 1. The number of carbonyl (C=O) groups excluding carboxylic acids is 1. The number of fused-ring (bicyclic) bond motifs is 2. The molecular weight excluding hydrogens is 300 g/mol. The Morgan fingerprint density at radius 1 is 1.33 bits per heavy atom. The van der Waals surface area contributed by atoms with Gasteiger partial charge in [0.1, 0.15) is 0 Å². The van der Waals surface area contributed by atoms with Gasteiger partial charge in [-0.15, -0.1) is 0 Å². The van der Waals surface area contributed by atoms with Crippen LogP contribution in [0.15, 0.2) is 30.5 Å². The van der Waals surface area contributed by atoms with E-state index in [1.54, 1.807) is 0 Å². The summed E-state index contributed by atoms with van der Waals surface area (Å²) in [7, 11) is 0. The molecule has 1 atom stereocenters. The first-order valence-electron chi connectivity index (χ1n) is 8.31. The Balaban J connectivity index is 1.63. The summed E-state index contributed by atoms with van der Waals surface area (Å²) in [6.07, 6.45) is 4.55. The lowest BCUT2D eigenvalue weighted by Gasteiger charge is -2.23. The number of nitrogens with zero attached hydrogens (tertiary/aromatic N) is 2. The number of carbonyl (C=O) groups is 1. The lowest BCUT2D eigenvalue weighted by molar-refractivity contribution is 0.0935. The van der Waals surface area contributed by atoms with E-state index < -0.39 is 0 Å². The van der Waals surface area contributed by atoms with Crippen LogP contribution < -0.4 is 5.32 Å². The summed E-state index contributed by atoms with van der Waals surface area (Å²) in [5, 5.41) is 11.2. The van der Waals surface area contributed by atoms with Gasteiger partial charge in [0.25, 0.3) is 5.91 Å². The Kier molecular flexibility index (Phi) is 3.56. The minimum absolute atomic E-state index is 0.0203. The second-order valence-electron chi connectivity index (χ2n) is 6.57. The molecule has 2 N–H and O–H groups in total. The van der Waals surface area contributed by atoms with Gasteiger partial charge in [-0.25, -0.2) is 0 Å². The van der Waals surface area contributed by atoms with Gasteiger partial charge >= 0.3 is 0 Å². The maximum Gasteiger partial charge on any atom is 0.252 e. The number of aromatic nitrogens is 3. The summed E-state index contributed by atoms with van der Waals surface area (Å²) >= 11 is 0. The van der Waals surface area contributed by atoms with E-state index in [0.717, 1.165) is 41.4 Å². The first kappa shape index (κ1) is 14.9. The van der Waals surface area contributed by atoms with Crippen LogP contribution >= 0.6 is 0 Å². The van der Waals surface area contributed by atoms with Gasteiger partial charge in [0.05, 0.1) is 17.3 Å². The molecule has 5 nitrogen and oxygen atoms in total.